The van der Waals surface area contributed by atoms with Crippen molar-refractivity contribution in [2.24, 2.45) is 0 Å². The predicted molar refractivity (Wildman–Crippen MR) is 311 cm³/mol. The van der Waals surface area contributed by atoms with Crippen molar-refractivity contribution in [3.05, 3.63) is 36.5 Å². The number of unbranched alkanes of at least 4 members (excludes halogenated alkanes) is 39. The molecule has 0 heterocycles. The van der Waals surface area contributed by atoms with Gasteiger partial charge in [0.25, 0.3) is 7.82 Å². The second kappa shape index (κ2) is 54.5. The molecule has 0 saturated heterocycles. The molecule has 9 heteroatoms. The lowest BCUT2D eigenvalue weighted by Crippen LogP contribution is -2.46. The second-order valence-corrected chi connectivity index (χ2v) is 24.2. The lowest BCUT2D eigenvalue weighted by molar-refractivity contribution is -0.870. The molecule has 0 aromatic heterocycles. The molecule has 0 aliphatic heterocycles. The molecule has 72 heavy (non-hydrogen) atoms. The smallest absolute Gasteiger partial charge is 0.268 e. The lowest BCUT2D eigenvalue weighted by Gasteiger charge is -2.30. The molecule has 0 radical (unpaired) electrons. The third kappa shape index (κ3) is 56.4. The summed E-state index contributed by atoms with van der Waals surface area (Å²) in [6.45, 7) is 4.72. The number of phosphoric ester groups is 1. The Morgan fingerprint density at radius 2 is 0.806 bits per heavy atom. The molecule has 2 N–H and O–H groups in total. The van der Waals surface area contributed by atoms with Crippen molar-refractivity contribution >= 4 is 13.7 Å². The van der Waals surface area contributed by atoms with E-state index in [2.05, 4.69) is 55.6 Å². The molecule has 0 aliphatic carbocycles. The molecule has 0 aliphatic rings. The normalized spacial score (nSPS) is 14.0. The van der Waals surface area contributed by atoms with Crippen LogP contribution in [0.25, 0.3) is 0 Å². The Kier molecular flexibility index (Phi) is 53.5. The second-order valence-electron chi connectivity index (χ2n) is 22.8. The van der Waals surface area contributed by atoms with Crippen LogP contribution in [0.3, 0.4) is 0 Å². The van der Waals surface area contributed by atoms with Gasteiger partial charge in [0.15, 0.2) is 0 Å². The zero-order valence-electron chi connectivity index (χ0n) is 48.6. The van der Waals surface area contributed by atoms with Gasteiger partial charge in [-0.2, -0.15) is 0 Å². The van der Waals surface area contributed by atoms with Gasteiger partial charge in [-0.15, -0.1) is 0 Å². The number of carbonyl (C=O) groups excluding carboxylic acids is 1. The SMILES string of the molecule is CCCCCCC/C=C\C/C=C\C/C=C\CCCCCCCCCCCCCCCCCCCCCCCCCCC(=O)NC(COP(=O)([O-])OCC[N+](C)(C)C)C(O)CCCCCCCCCCCCC. The molecule has 3 unspecified atom stereocenters. The van der Waals surface area contributed by atoms with E-state index in [1.54, 1.807) is 0 Å². The number of quaternary nitrogens is 1. The van der Waals surface area contributed by atoms with Crippen LogP contribution in [0.15, 0.2) is 36.5 Å². The summed E-state index contributed by atoms with van der Waals surface area (Å²) in [6.07, 6.45) is 70.8. The molecular formula is C63H123N2O6P. The highest BCUT2D eigenvalue weighted by molar-refractivity contribution is 7.45. The molecular weight excluding hydrogens is 912 g/mol. The maximum atomic E-state index is 13.0. The molecule has 0 saturated carbocycles. The van der Waals surface area contributed by atoms with Crippen molar-refractivity contribution in [2.75, 3.05) is 40.9 Å². The first kappa shape index (κ1) is 70.7. The van der Waals surface area contributed by atoms with Crippen LogP contribution in [0, 0.1) is 0 Å². The first-order valence-electron chi connectivity index (χ1n) is 31.3. The number of hydrogen-bond donors (Lipinski definition) is 2. The fourth-order valence-electron chi connectivity index (χ4n) is 9.46. The van der Waals surface area contributed by atoms with E-state index in [9.17, 15) is 19.4 Å². The van der Waals surface area contributed by atoms with Crippen molar-refractivity contribution in [1.29, 1.82) is 0 Å². The zero-order chi connectivity index (χ0) is 52.7. The molecule has 0 rings (SSSR count). The Balaban J connectivity index is 3.82. The summed E-state index contributed by atoms with van der Waals surface area (Å²) in [5.74, 6) is -0.161. The number of amides is 1. The molecule has 8 nitrogen and oxygen atoms in total. The van der Waals surface area contributed by atoms with E-state index in [1.807, 2.05) is 21.1 Å². The summed E-state index contributed by atoms with van der Waals surface area (Å²) in [6, 6.07) is -0.797. The largest absolute Gasteiger partial charge is 0.756 e. The first-order valence-corrected chi connectivity index (χ1v) is 32.8. The molecule has 426 valence electrons. The number of rotatable bonds is 58. The highest BCUT2D eigenvalue weighted by Gasteiger charge is 2.24. The van der Waals surface area contributed by atoms with Crippen LogP contribution in [0.1, 0.15) is 309 Å². The van der Waals surface area contributed by atoms with Gasteiger partial charge in [0.1, 0.15) is 13.2 Å². The van der Waals surface area contributed by atoms with E-state index in [0.717, 1.165) is 51.4 Å². The number of nitrogens with one attached hydrogen (secondary N) is 1. The Morgan fingerprint density at radius 1 is 0.486 bits per heavy atom. The van der Waals surface area contributed by atoms with E-state index in [1.165, 1.54) is 231 Å². The number of aliphatic hydroxyl groups is 1. The fourth-order valence-corrected chi connectivity index (χ4v) is 10.2. The molecule has 1 amide bonds. The third-order valence-electron chi connectivity index (χ3n) is 14.4. The van der Waals surface area contributed by atoms with Crippen LogP contribution in [0.5, 0.6) is 0 Å². The van der Waals surface area contributed by atoms with Gasteiger partial charge < -0.3 is 28.8 Å². The molecule has 0 aromatic carbocycles. The minimum atomic E-state index is -4.56. The highest BCUT2D eigenvalue weighted by atomic mass is 31.2. The number of hydrogen-bond acceptors (Lipinski definition) is 6. The molecule has 0 aromatic rings. The molecule has 3 atom stereocenters. The summed E-state index contributed by atoms with van der Waals surface area (Å²) in [5, 5.41) is 14.0. The van der Waals surface area contributed by atoms with Gasteiger partial charge in [-0.05, 0) is 51.4 Å². The maximum Gasteiger partial charge on any atom is 0.268 e. The van der Waals surface area contributed by atoms with E-state index in [0.29, 0.717) is 23.9 Å². The molecule has 0 fully saturated rings. The quantitative estimate of drug-likeness (QED) is 0.0272. The van der Waals surface area contributed by atoms with Crippen LogP contribution in [-0.4, -0.2) is 68.5 Å². The van der Waals surface area contributed by atoms with Crippen LogP contribution >= 0.6 is 7.82 Å². The van der Waals surface area contributed by atoms with E-state index < -0.39 is 20.0 Å². The Morgan fingerprint density at radius 3 is 1.17 bits per heavy atom. The van der Waals surface area contributed by atoms with Gasteiger partial charge in [-0.3, -0.25) is 9.36 Å². The average Bonchev–Trinajstić information content (AvgIpc) is 3.34. The summed E-state index contributed by atoms with van der Waals surface area (Å²) in [5.41, 5.74) is 0. The summed E-state index contributed by atoms with van der Waals surface area (Å²) in [7, 11) is 1.32. The van der Waals surface area contributed by atoms with Crippen LogP contribution in [0.4, 0.5) is 0 Å². The van der Waals surface area contributed by atoms with Crippen LogP contribution < -0.4 is 10.2 Å². The monoisotopic (exact) mass is 1030 g/mol. The van der Waals surface area contributed by atoms with E-state index in [-0.39, 0.29) is 19.1 Å². The topological polar surface area (TPSA) is 108 Å². The van der Waals surface area contributed by atoms with Gasteiger partial charge in [0, 0.05) is 6.42 Å². The molecule has 0 spiro atoms. The highest BCUT2D eigenvalue weighted by Crippen LogP contribution is 2.38. The lowest BCUT2D eigenvalue weighted by atomic mass is 10.0. The molecule has 0 bridgehead atoms. The van der Waals surface area contributed by atoms with Gasteiger partial charge in [0.05, 0.1) is 39.9 Å². The Bertz CT molecular complexity index is 1270. The average molecular weight is 1040 g/mol. The van der Waals surface area contributed by atoms with Crippen molar-refractivity contribution < 1.29 is 32.9 Å². The van der Waals surface area contributed by atoms with Gasteiger partial charge in [0.2, 0.25) is 5.91 Å². The number of allylic oxidation sites excluding steroid dienone is 6. The minimum absolute atomic E-state index is 0.0142. The fraction of sp³-hybridized carbons (Fsp3) is 0.889. The summed E-state index contributed by atoms with van der Waals surface area (Å²) < 4.78 is 23.4. The summed E-state index contributed by atoms with van der Waals surface area (Å²) >= 11 is 0. The van der Waals surface area contributed by atoms with E-state index in [4.69, 9.17) is 9.05 Å². The Labute approximate surface area is 448 Å². The number of nitrogens with zero attached hydrogens (tertiary/aromatic N) is 1. The van der Waals surface area contributed by atoms with Gasteiger partial charge >= 0.3 is 0 Å². The van der Waals surface area contributed by atoms with Gasteiger partial charge in [-0.25, -0.2) is 0 Å². The maximum absolute atomic E-state index is 13.0. The van der Waals surface area contributed by atoms with Crippen LogP contribution in [0.2, 0.25) is 0 Å². The van der Waals surface area contributed by atoms with Gasteiger partial charge in [-0.1, -0.05) is 288 Å². The number of likely N-dealkylation sites (N-methyl/N-ethyl adjacent to an activating group) is 1. The third-order valence-corrected chi connectivity index (χ3v) is 15.3. The number of aliphatic hydroxyl groups excluding tert-OH is 1. The van der Waals surface area contributed by atoms with Crippen LogP contribution in [-0.2, 0) is 18.4 Å². The number of carbonyl (C=O) groups is 1. The predicted octanol–water partition coefficient (Wildman–Crippen LogP) is 18.7. The zero-order valence-corrected chi connectivity index (χ0v) is 49.5. The van der Waals surface area contributed by atoms with Crippen molar-refractivity contribution in [3.63, 3.8) is 0 Å². The van der Waals surface area contributed by atoms with Crippen molar-refractivity contribution in [1.82, 2.24) is 5.32 Å². The first-order chi connectivity index (χ1) is 35.0. The van der Waals surface area contributed by atoms with Crippen molar-refractivity contribution in [3.8, 4) is 0 Å². The Hall–Kier alpha value is -1.28. The van der Waals surface area contributed by atoms with E-state index >= 15 is 0 Å². The minimum Gasteiger partial charge on any atom is -0.756 e. The number of phosphoric acid groups is 1. The van der Waals surface area contributed by atoms with Crippen molar-refractivity contribution in [2.45, 2.75) is 321 Å². The summed E-state index contributed by atoms with van der Waals surface area (Å²) in [4.78, 5) is 25.5. The standard InChI is InChI=1S/C63H123N2O6P/c1-6-8-10-12-14-16-18-19-20-21-22-23-24-25-26-27-28-29-30-31-32-33-34-35-36-37-38-39-40-41-42-43-44-45-47-49-51-53-55-57-63(67)64-61(60-71-72(68,69)70-59-58-65(3,4)5)62(66)56-54-52-50-48-46-17-15-13-11-9-7-2/h18-19,21-22,24-25,61-62,66H,6-17,20,23,26-60H2,1-5H3,(H-,64,67,68,69)/b19-18-,22-21-,25-24-.